The van der Waals surface area contributed by atoms with Gasteiger partial charge in [-0.3, -0.25) is 9.36 Å². The van der Waals surface area contributed by atoms with Gasteiger partial charge in [-0.2, -0.15) is 13.2 Å². The first-order valence-electron chi connectivity index (χ1n) is 9.00. The van der Waals surface area contributed by atoms with E-state index >= 15 is 0 Å². The van der Waals surface area contributed by atoms with Crippen molar-refractivity contribution in [2.45, 2.75) is 17.1 Å². The molecule has 0 spiro atoms. The predicted octanol–water partition coefficient (Wildman–Crippen LogP) is 7.00. The first-order chi connectivity index (χ1) is 14.7. The number of hydrogen-bond donors (Lipinski definition) is 0. The molecule has 158 valence electrons. The van der Waals surface area contributed by atoms with Gasteiger partial charge in [0.25, 0.3) is 5.56 Å². The smallest absolute Gasteiger partial charge is 0.268 e. The zero-order valence-electron chi connectivity index (χ0n) is 15.7. The second-order valence-electron chi connectivity index (χ2n) is 6.64. The van der Waals surface area contributed by atoms with Crippen molar-refractivity contribution in [2.75, 3.05) is 0 Å². The molecule has 0 aliphatic carbocycles. The number of thioether (sulfide) groups is 1. The van der Waals surface area contributed by atoms with Crippen LogP contribution in [0, 0.1) is 0 Å². The van der Waals surface area contributed by atoms with Gasteiger partial charge in [-0.1, -0.05) is 65.3 Å². The third-order valence-electron chi connectivity index (χ3n) is 4.53. The monoisotopic (exact) mass is 480 g/mol. The maximum Gasteiger partial charge on any atom is 0.416 e. The Morgan fingerprint density at radius 2 is 1.71 bits per heavy atom. The summed E-state index contributed by atoms with van der Waals surface area (Å²) in [6, 6.07) is 16.7. The number of nitrogens with zero attached hydrogens (tertiary/aromatic N) is 2. The van der Waals surface area contributed by atoms with Gasteiger partial charge in [0.1, 0.15) is 0 Å². The first-order valence-corrected chi connectivity index (χ1v) is 10.7. The molecule has 0 aliphatic heterocycles. The number of halogens is 5. The zero-order chi connectivity index (χ0) is 22.2. The van der Waals surface area contributed by atoms with Crippen LogP contribution in [0.2, 0.25) is 10.0 Å². The summed E-state index contributed by atoms with van der Waals surface area (Å²) in [7, 11) is 0. The zero-order valence-corrected chi connectivity index (χ0v) is 18.0. The van der Waals surface area contributed by atoms with Gasteiger partial charge in [0.15, 0.2) is 5.16 Å². The Morgan fingerprint density at radius 3 is 2.45 bits per heavy atom. The molecule has 31 heavy (non-hydrogen) atoms. The maximum atomic E-state index is 13.2. The second-order valence-corrected chi connectivity index (χ2v) is 8.39. The molecule has 0 N–H and O–H groups in total. The van der Waals surface area contributed by atoms with Gasteiger partial charge in [0.05, 0.1) is 32.2 Å². The van der Waals surface area contributed by atoms with Crippen LogP contribution >= 0.6 is 35.0 Å². The Bertz CT molecular complexity index is 1340. The van der Waals surface area contributed by atoms with Gasteiger partial charge in [-0.15, -0.1) is 0 Å². The third kappa shape index (κ3) is 4.59. The Hall–Kier alpha value is -2.48. The SMILES string of the molecule is O=c1c2ccccc2nc(SCc2cccc(C(F)(F)F)c2)n1-c1ccc(Cl)c(Cl)c1. The van der Waals surface area contributed by atoms with Gasteiger partial charge < -0.3 is 0 Å². The van der Waals surface area contributed by atoms with Gasteiger partial charge in [0, 0.05) is 5.75 Å². The average Bonchev–Trinajstić information content (AvgIpc) is 2.74. The van der Waals surface area contributed by atoms with Crippen LogP contribution in [0.1, 0.15) is 11.1 Å². The van der Waals surface area contributed by atoms with Crippen molar-refractivity contribution in [3.8, 4) is 5.69 Å². The minimum absolute atomic E-state index is 0.190. The van der Waals surface area contributed by atoms with Crippen molar-refractivity contribution < 1.29 is 13.2 Å². The van der Waals surface area contributed by atoms with Crippen LogP contribution in [0.3, 0.4) is 0 Å². The van der Waals surface area contributed by atoms with Crippen LogP contribution in [-0.2, 0) is 11.9 Å². The van der Waals surface area contributed by atoms with Crippen LogP contribution in [0.25, 0.3) is 16.6 Å². The number of rotatable bonds is 4. The molecule has 0 saturated carbocycles. The van der Waals surface area contributed by atoms with Crippen molar-refractivity contribution in [2.24, 2.45) is 0 Å². The summed E-state index contributed by atoms with van der Waals surface area (Å²) < 4.78 is 40.5. The third-order valence-corrected chi connectivity index (χ3v) is 6.28. The Morgan fingerprint density at radius 1 is 0.935 bits per heavy atom. The van der Waals surface area contributed by atoms with Crippen molar-refractivity contribution >= 4 is 45.9 Å². The molecule has 0 atom stereocenters. The fraction of sp³-hybridized carbons (Fsp3) is 0.0909. The number of alkyl halides is 3. The number of para-hydroxylation sites is 1. The lowest BCUT2D eigenvalue weighted by molar-refractivity contribution is -0.137. The van der Waals surface area contributed by atoms with Crippen LogP contribution in [-0.4, -0.2) is 9.55 Å². The molecule has 4 rings (SSSR count). The highest BCUT2D eigenvalue weighted by Crippen LogP contribution is 2.32. The van der Waals surface area contributed by atoms with E-state index in [1.807, 2.05) is 0 Å². The largest absolute Gasteiger partial charge is 0.416 e. The number of fused-ring (bicyclic) bond motifs is 1. The number of hydrogen-bond acceptors (Lipinski definition) is 3. The van der Waals surface area contributed by atoms with Crippen molar-refractivity contribution in [1.29, 1.82) is 0 Å². The summed E-state index contributed by atoms with van der Waals surface area (Å²) >= 11 is 13.3. The standard InChI is InChI=1S/C22H13Cl2F3N2OS/c23-17-9-8-15(11-18(17)24)29-20(30)16-6-1-2-7-19(16)28-21(29)31-12-13-4-3-5-14(10-13)22(25,26)27/h1-11H,12H2. The van der Waals surface area contributed by atoms with E-state index < -0.39 is 11.7 Å². The van der Waals surface area contributed by atoms with E-state index in [0.717, 1.165) is 23.9 Å². The summed E-state index contributed by atoms with van der Waals surface area (Å²) in [5.41, 5.74) is 0.386. The van der Waals surface area contributed by atoms with E-state index in [0.29, 0.717) is 32.3 Å². The van der Waals surface area contributed by atoms with E-state index in [1.165, 1.54) is 10.6 Å². The summed E-state index contributed by atoms with van der Waals surface area (Å²) in [5.74, 6) is 0.190. The lowest BCUT2D eigenvalue weighted by Crippen LogP contribution is -2.21. The fourth-order valence-electron chi connectivity index (χ4n) is 3.05. The van der Waals surface area contributed by atoms with Crippen molar-refractivity contribution in [1.82, 2.24) is 9.55 Å². The Labute approximate surface area is 189 Å². The lowest BCUT2D eigenvalue weighted by atomic mass is 10.1. The predicted molar refractivity (Wildman–Crippen MR) is 118 cm³/mol. The molecule has 0 fully saturated rings. The van der Waals surface area contributed by atoms with Crippen LogP contribution < -0.4 is 5.56 Å². The highest BCUT2D eigenvalue weighted by atomic mass is 35.5. The molecule has 4 aromatic rings. The molecular weight excluding hydrogens is 468 g/mol. The van der Waals surface area contributed by atoms with E-state index in [-0.39, 0.29) is 16.3 Å². The van der Waals surface area contributed by atoms with Crippen molar-refractivity contribution in [3.63, 3.8) is 0 Å². The minimum Gasteiger partial charge on any atom is -0.268 e. The molecule has 3 aromatic carbocycles. The van der Waals surface area contributed by atoms with Gasteiger partial charge in [-0.25, -0.2) is 4.98 Å². The van der Waals surface area contributed by atoms with Crippen LogP contribution in [0.15, 0.2) is 76.7 Å². The maximum absolute atomic E-state index is 13.2. The Balaban J connectivity index is 1.80. The van der Waals surface area contributed by atoms with Gasteiger partial charge in [0.2, 0.25) is 0 Å². The Kier molecular flexibility index (Phi) is 6.01. The van der Waals surface area contributed by atoms with Crippen LogP contribution in [0.5, 0.6) is 0 Å². The lowest BCUT2D eigenvalue weighted by Gasteiger charge is -2.14. The molecular formula is C22H13Cl2F3N2OS. The molecule has 0 radical (unpaired) electrons. The highest BCUT2D eigenvalue weighted by molar-refractivity contribution is 7.98. The summed E-state index contributed by atoms with van der Waals surface area (Å²) in [5, 5.41) is 1.36. The van der Waals surface area contributed by atoms with Gasteiger partial charge in [-0.05, 0) is 42.0 Å². The second kappa shape index (κ2) is 8.57. The molecule has 0 aliphatic rings. The van der Waals surface area contributed by atoms with Crippen LogP contribution in [0.4, 0.5) is 13.2 Å². The van der Waals surface area contributed by atoms with Gasteiger partial charge >= 0.3 is 6.18 Å². The molecule has 3 nitrogen and oxygen atoms in total. The fourth-order valence-corrected chi connectivity index (χ4v) is 4.29. The van der Waals surface area contributed by atoms with E-state index in [2.05, 4.69) is 4.98 Å². The van der Waals surface area contributed by atoms with E-state index in [9.17, 15) is 18.0 Å². The van der Waals surface area contributed by atoms with E-state index in [4.69, 9.17) is 23.2 Å². The number of aromatic nitrogens is 2. The van der Waals surface area contributed by atoms with Crippen molar-refractivity contribution in [3.05, 3.63) is 98.3 Å². The first kappa shape index (κ1) is 21.7. The van der Waals surface area contributed by atoms with E-state index in [1.54, 1.807) is 48.5 Å². The molecule has 1 aromatic heterocycles. The molecule has 0 unspecified atom stereocenters. The minimum atomic E-state index is -4.43. The summed E-state index contributed by atoms with van der Waals surface area (Å²) in [6.07, 6.45) is -4.43. The quantitative estimate of drug-likeness (QED) is 0.233. The summed E-state index contributed by atoms with van der Waals surface area (Å²) in [4.78, 5) is 17.8. The molecule has 9 heteroatoms. The summed E-state index contributed by atoms with van der Waals surface area (Å²) in [6.45, 7) is 0. The molecule has 0 saturated heterocycles. The molecule has 1 heterocycles. The molecule has 0 bridgehead atoms. The number of benzene rings is 3. The highest BCUT2D eigenvalue weighted by Gasteiger charge is 2.30. The topological polar surface area (TPSA) is 34.9 Å². The average molecular weight is 481 g/mol. The normalized spacial score (nSPS) is 11.8. The molecule has 0 amide bonds.